The summed E-state index contributed by atoms with van der Waals surface area (Å²) in [6.45, 7) is 4.03. The van der Waals surface area contributed by atoms with Crippen LogP contribution in [0.3, 0.4) is 0 Å². The van der Waals surface area contributed by atoms with Crippen molar-refractivity contribution in [2.75, 3.05) is 6.54 Å². The topological polar surface area (TPSA) is 217 Å². The molecule has 1 heterocycles. The largest absolute Gasteiger partial charge is 0.481 e. The average molecular weight is 486 g/mol. The molecule has 1 aliphatic rings. The second-order valence-corrected chi connectivity index (χ2v) is 8.42. The Hall–Kier alpha value is -3.22. The summed E-state index contributed by atoms with van der Waals surface area (Å²) in [5.74, 6) is -5.70. The Kier molecular flexibility index (Phi) is 12.0. The van der Waals surface area contributed by atoms with Crippen LogP contribution in [0.5, 0.6) is 0 Å². The monoisotopic (exact) mass is 485 g/mol. The number of hydrogen-bond acceptors (Lipinski definition) is 7. The first kappa shape index (κ1) is 28.8. The summed E-state index contributed by atoms with van der Waals surface area (Å²) in [6.07, 6.45) is 0.708. The fourth-order valence-electron chi connectivity index (χ4n) is 3.48. The highest BCUT2D eigenvalue weighted by Crippen LogP contribution is 2.10. The van der Waals surface area contributed by atoms with E-state index in [-0.39, 0.29) is 19.3 Å². The van der Waals surface area contributed by atoms with Gasteiger partial charge in [-0.2, -0.15) is 0 Å². The summed E-state index contributed by atoms with van der Waals surface area (Å²) in [5.41, 5.74) is 5.17. The lowest BCUT2D eigenvalue weighted by molar-refractivity contribution is -0.144. The van der Waals surface area contributed by atoms with Gasteiger partial charge in [0.2, 0.25) is 23.6 Å². The van der Waals surface area contributed by atoms with Gasteiger partial charge in [-0.25, -0.2) is 4.79 Å². The quantitative estimate of drug-likeness (QED) is 0.143. The van der Waals surface area contributed by atoms with E-state index in [1.54, 1.807) is 13.8 Å². The van der Waals surface area contributed by atoms with E-state index in [2.05, 4.69) is 21.3 Å². The summed E-state index contributed by atoms with van der Waals surface area (Å²) in [7, 11) is 0. The zero-order valence-electron chi connectivity index (χ0n) is 19.5. The number of rotatable bonds is 15. The van der Waals surface area contributed by atoms with Crippen LogP contribution in [-0.2, 0) is 28.8 Å². The zero-order valence-corrected chi connectivity index (χ0v) is 19.5. The van der Waals surface area contributed by atoms with Crippen molar-refractivity contribution >= 4 is 35.6 Å². The molecule has 0 radical (unpaired) electrons. The van der Waals surface area contributed by atoms with Gasteiger partial charge in [0.25, 0.3) is 0 Å². The summed E-state index contributed by atoms with van der Waals surface area (Å²) < 4.78 is 0. The minimum absolute atomic E-state index is 0.127. The molecule has 0 bridgehead atoms. The molecule has 34 heavy (non-hydrogen) atoms. The van der Waals surface area contributed by atoms with Crippen molar-refractivity contribution in [2.24, 2.45) is 11.7 Å². The number of nitrogens with two attached hydrogens (primary N) is 1. The Morgan fingerprint density at radius 1 is 0.971 bits per heavy atom. The molecule has 1 fully saturated rings. The lowest BCUT2D eigenvalue weighted by atomic mass is 9.98. The lowest BCUT2D eigenvalue weighted by Crippen LogP contribution is -2.57. The van der Waals surface area contributed by atoms with Gasteiger partial charge in [0.05, 0.1) is 6.04 Å². The highest BCUT2D eigenvalue weighted by molar-refractivity contribution is 5.94. The molecule has 0 saturated carbocycles. The smallest absolute Gasteiger partial charge is 0.326 e. The van der Waals surface area contributed by atoms with Crippen LogP contribution in [0, 0.1) is 5.92 Å². The number of primary amides is 1. The van der Waals surface area contributed by atoms with Gasteiger partial charge in [0, 0.05) is 12.8 Å². The number of amides is 4. The Balaban J connectivity index is 2.99. The minimum atomic E-state index is -1.37. The molecule has 1 aliphatic heterocycles. The first-order chi connectivity index (χ1) is 16.0. The molecule has 1 saturated heterocycles. The van der Waals surface area contributed by atoms with Crippen molar-refractivity contribution < 1.29 is 39.0 Å². The SMILES string of the molecule is CC[C@H](C)[C@H](NC(=O)[C@H](CCC(=O)O)NC(=O)[C@H](CCC(N)=O)NC(=O)[C@@H]1CCCN1)C(=O)O. The molecule has 0 aliphatic carbocycles. The fourth-order valence-corrected chi connectivity index (χ4v) is 3.48. The number of carboxylic acids is 2. The van der Waals surface area contributed by atoms with Gasteiger partial charge in [-0.15, -0.1) is 0 Å². The van der Waals surface area contributed by atoms with Crippen LogP contribution in [0.25, 0.3) is 0 Å². The number of carbonyl (C=O) groups is 6. The highest BCUT2D eigenvalue weighted by Gasteiger charge is 2.33. The van der Waals surface area contributed by atoms with Gasteiger partial charge in [0.15, 0.2) is 0 Å². The van der Waals surface area contributed by atoms with Crippen molar-refractivity contribution in [3.05, 3.63) is 0 Å². The van der Waals surface area contributed by atoms with E-state index >= 15 is 0 Å². The molecule has 5 atom stereocenters. The molecule has 0 aromatic rings. The first-order valence-electron chi connectivity index (χ1n) is 11.3. The first-order valence-corrected chi connectivity index (χ1v) is 11.3. The van der Waals surface area contributed by atoms with Crippen LogP contribution in [0.15, 0.2) is 0 Å². The van der Waals surface area contributed by atoms with E-state index < -0.39 is 72.1 Å². The molecular weight excluding hydrogens is 450 g/mol. The third kappa shape index (κ3) is 9.73. The summed E-state index contributed by atoms with van der Waals surface area (Å²) in [6, 6.07) is -4.30. The van der Waals surface area contributed by atoms with Gasteiger partial charge in [-0.05, 0) is 38.1 Å². The zero-order chi connectivity index (χ0) is 25.8. The minimum Gasteiger partial charge on any atom is -0.481 e. The van der Waals surface area contributed by atoms with Crippen LogP contribution in [0.2, 0.25) is 0 Å². The van der Waals surface area contributed by atoms with Crippen molar-refractivity contribution in [3.8, 4) is 0 Å². The molecule has 8 N–H and O–H groups in total. The Bertz CT molecular complexity index is 768. The predicted octanol–water partition coefficient (Wildman–Crippen LogP) is -1.55. The van der Waals surface area contributed by atoms with Crippen LogP contribution in [-0.4, -0.2) is 76.5 Å². The van der Waals surface area contributed by atoms with Gasteiger partial charge < -0.3 is 37.2 Å². The fraction of sp³-hybridized carbons (Fsp3) is 0.714. The number of carbonyl (C=O) groups excluding carboxylic acids is 4. The van der Waals surface area contributed by atoms with Crippen LogP contribution >= 0.6 is 0 Å². The number of aliphatic carboxylic acids is 2. The van der Waals surface area contributed by atoms with Crippen molar-refractivity contribution in [1.82, 2.24) is 21.3 Å². The third-order valence-electron chi connectivity index (χ3n) is 5.75. The maximum atomic E-state index is 12.9. The normalized spacial score (nSPS) is 18.7. The third-order valence-corrected chi connectivity index (χ3v) is 5.75. The number of nitrogens with one attached hydrogen (secondary N) is 4. The molecule has 13 nitrogen and oxygen atoms in total. The Labute approximate surface area is 197 Å². The maximum absolute atomic E-state index is 12.9. The number of hydrogen-bond donors (Lipinski definition) is 7. The maximum Gasteiger partial charge on any atom is 0.326 e. The summed E-state index contributed by atoms with van der Waals surface area (Å²) in [5, 5.41) is 28.7. The average Bonchev–Trinajstić information content (AvgIpc) is 3.31. The van der Waals surface area contributed by atoms with Crippen LogP contribution in [0.4, 0.5) is 0 Å². The predicted molar refractivity (Wildman–Crippen MR) is 119 cm³/mol. The molecule has 192 valence electrons. The lowest BCUT2D eigenvalue weighted by Gasteiger charge is -2.26. The molecule has 1 rings (SSSR count). The Morgan fingerprint density at radius 3 is 2.06 bits per heavy atom. The molecule has 0 spiro atoms. The van der Waals surface area contributed by atoms with E-state index in [1.165, 1.54) is 0 Å². The standard InChI is InChI=1S/C21H35N5O8/c1-3-11(2)17(21(33)34)26-20(32)14(7-9-16(28)29)25-19(31)13(6-8-15(22)27)24-18(30)12-5-4-10-23-12/h11-14,17,23H,3-10H2,1-2H3,(H2,22,27)(H,24,30)(H,25,31)(H,26,32)(H,28,29)(H,33,34)/t11-,12-,13-,14-,17-/m0/s1. The van der Waals surface area contributed by atoms with Crippen molar-refractivity contribution in [3.63, 3.8) is 0 Å². The summed E-state index contributed by atoms with van der Waals surface area (Å²) >= 11 is 0. The van der Waals surface area contributed by atoms with E-state index in [0.29, 0.717) is 19.4 Å². The molecule has 0 aromatic heterocycles. The molecule has 0 aromatic carbocycles. The van der Waals surface area contributed by atoms with Gasteiger partial charge in [-0.3, -0.25) is 24.0 Å². The number of carboxylic acid groups (broad SMARTS) is 2. The van der Waals surface area contributed by atoms with Gasteiger partial charge >= 0.3 is 11.9 Å². The molecular formula is C21H35N5O8. The van der Waals surface area contributed by atoms with E-state index in [1.807, 2.05) is 0 Å². The molecule has 13 heteroatoms. The van der Waals surface area contributed by atoms with E-state index in [4.69, 9.17) is 10.8 Å². The summed E-state index contributed by atoms with van der Waals surface area (Å²) in [4.78, 5) is 72.0. The van der Waals surface area contributed by atoms with Gasteiger partial charge in [-0.1, -0.05) is 20.3 Å². The second kappa shape index (κ2) is 14.1. The van der Waals surface area contributed by atoms with Crippen molar-refractivity contribution in [2.45, 2.75) is 83.0 Å². The van der Waals surface area contributed by atoms with E-state index in [0.717, 1.165) is 6.42 Å². The van der Waals surface area contributed by atoms with Crippen LogP contribution in [0.1, 0.15) is 58.8 Å². The highest BCUT2D eigenvalue weighted by atomic mass is 16.4. The van der Waals surface area contributed by atoms with E-state index in [9.17, 15) is 33.9 Å². The van der Waals surface area contributed by atoms with Crippen LogP contribution < -0.4 is 27.0 Å². The van der Waals surface area contributed by atoms with Gasteiger partial charge in [0.1, 0.15) is 18.1 Å². The Morgan fingerprint density at radius 2 is 1.56 bits per heavy atom. The second-order valence-electron chi connectivity index (χ2n) is 8.42. The van der Waals surface area contributed by atoms with Crippen molar-refractivity contribution in [1.29, 1.82) is 0 Å². The molecule has 4 amide bonds. The molecule has 0 unspecified atom stereocenters.